The van der Waals surface area contributed by atoms with Gasteiger partial charge in [0.2, 0.25) is 0 Å². The third-order valence-corrected chi connectivity index (χ3v) is 5.57. The van der Waals surface area contributed by atoms with E-state index in [-0.39, 0.29) is 0 Å². The maximum atomic E-state index is 5.79. The van der Waals surface area contributed by atoms with Gasteiger partial charge in [-0.1, -0.05) is 12.1 Å². The molecule has 1 aliphatic heterocycles. The first-order valence-electron chi connectivity index (χ1n) is 9.52. The van der Waals surface area contributed by atoms with Gasteiger partial charge in [-0.2, -0.15) is 5.10 Å². The second-order valence-electron chi connectivity index (χ2n) is 7.08. The average molecular weight is 374 g/mol. The van der Waals surface area contributed by atoms with Gasteiger partial charge in [-0.05, 0) is 51.0 Å². The van der Waals surface area contributed by atoms with Crippen molar-refractivity contribution in [2.75, 3.05) is 37.7 Å². The number of rotatable bonds is 6. The van der Waals surface area contributed by atoms with Crippen molar-refractivity contribution in [1.29, 1.82) is 0 Å². The first kappa shape index (κ1) is 17.5. The Bertz CT molecular complexity index is 818. The lowest BCUT2D eigenvalue weighted by Gasteiger charge is -2.36. The van der Waals surface area contributed by atoms with Gasteiger partial charge in [0.1, 0.15) is 11.6 Å². The van der Waals surface area contributed by atoms with Crippen LogP contribution in [-0.4, -0.2) is 52.0 Å². The summed E-state index contributed by atoms with van der Waals surface area (Å²) < 4.78 is 10.9. The standard InChI is InChI=1S/C19H27N5OS/c1-3-25-18-7-5-4-6-17(18)22-12-10-21(11-13-22)14-23-19(26)24(15(2)20-23)16-8-9-16/h4-7,16H,3,8-14H2,1-2H3. The predicted molar refractivity (Wildman–Crippen MR) is 105 cm³/mol. The molecular weight excluding hydrogens is 346 g/mol. The van der Waals surface area contributed by atoms with E-state index in [0.717, 1.165) is 49.2 Å². The number of ether oxygens (including phenoxy) is 1. The second-order valence-corrected chi connectivity index (χ2v) is 7.44. The zero-order chi connectivity index (χ0) is 18.1. The number of para-hydroxylation sites is 2. The van der Waals surface area contributed by atoms with Crippen LogP contribution < -0.4 is 9.64 Å². The average Bonchev–Trinajstić information content (AvgIpc) is 3.43. The van der Waals surface area contributed by atoms with Crippen LogP contribution in [0.1, 0.15) is 31.6 Å². The minimum atomic E-state index is 0.586. The maximum Gasteiger partial charge on any atom is 0.199 e. The van der Waals surface area contributed by atoms with E-state index < -0.39 is 0 Å². The zero-order valence-corrected chi connectivity index (χ0v) is 16.4. The normalized spacial score (nSPS) is 18.3. The Labute approximate surface area is 160 Å². The summed E-state index contributed by atoms with van der Waals surface area (Å²) in [6.07, 6.45) is 2.47. The number of hydrogen-bond donors (Lipinski definition) is 0. The molecule has 2 aromatic rings. The molecule has 0 bridgehead atoms. The Balaban J connectivity index is 1.40. The highest BCUT2D eigenvalue weighted by Crippen LogP contribution is 2.36. The maximum absolute atomic E-state index is 5.79. The smallest absolute Gasteiger partial charge is 0.199 e. The molecule has 0 spiro atoms. The van der Waals surface area contributed by atoms with Crippen LogP contribution >= 0.6 is 12.2 Å². The van der Waals surface area contributed by atoms with Crippen LogP contribution in [0.15, 0.2) is 24.3 Å². The Hall–Kier alpha value is -1.86. The van der Waals surface area contributed by atoms with Crippen molar-refractivity contribution in [2.45, 2.75) is 39.4 Å². The van der Waals surface area contributed by atoms with Gasteiger partial charge in [0.15, 0.2) is 4.77 Å². The van der Waals surface area contributed by atoms with Crippen molar-refractivity contribution in [3.63, 3.8) is 0 Å². The molecular formula is C19H27N5OS. The van der Waals surface area contributed by atoms with E-state index in [1.54, 1.807) is 0 Å². The molecule has 1 saturated heterocycles. The first-order chi connectivity index (χ1) is 12.7. The summed E-state index contributed by atoms with van der Waals surface area (Å²) in [4.78, 5) is 4.84. The molecule has 6 nitrogen and oxygen atoms in total. The Morgan fingerprint density at radius 1 is 1.15 bits per heavy atom. The number of aromatic nitrogens is 3. The largest absolute Gasteiger partial charge is 0.492 e. The summed E-state index contributed by atoms with van der Waals surface area (Å²) in [7, 11) is 0. The van der Waals surface area contributed by atoms with Gasteiger partial charge in [0.05, 0.1) is 19.0 Å². The second kappa shape index (κ2) is 7.40. The molecule has 2 fully saturated rings. The van der Waals surface area contributed by atoms with Gasteiger partial charge in [0.25, 0.3) is 0 Å². The molecule has 7 heteroatoms. The molecule has 26 heavy (non-hydrogen) atoms. The molecule has 0 N–H and O–H groups in total. The molecule has 2 aliphatic rings. The Morgan fingerprint density at radius 2 is 1.88 bits per heavy atom. The van der Waals surface area contributed by atoms with Crippen LogP contribution in [0.4, 0.5) is 5.69 Å². The van der Waals surface area contributed by atoms with E-state index in [9.17, 15) is 0 Å². The van der Waals surface area contributed by atoms with E-state index >= 15 is 0 Å². The lowest BCUT2D eigenvalue weighted by Crippen LogP contribution is -2.47. The molecule has 140 valence electrons. The minimum absolute atomic E-state index is 0.586. The van der Waals surface area contributed by atoms with Gasteiger partial charge in [-0.25, -0.2) is 4.68 Å². The van der Waals surface area contributed by atoms with E-state index in [0.29, 0.717) is 12.6 Å². The van der Waals surface area contributed by atoms with Crippen molar-refractivity contribution >= 4 is 17.9 Å². The van der Waals surface area contributed by atoms with Crippen molar-refractivity contribution in [3.05, 3.63) is 34.9 Å². The first-order valence-corrected chi connectivity index (χ1v) is 9.93. The van der Waals surface area contributed by atoms with Crippen molar-refractivity contribution in [1.82, 2.24) is 19.2 Å². The summed E-state index contributed by atoms with van der Waals surface area (Å²) in [6, 6.07) is 8.90. The summed E-state index contributed by atoms with van der Waals surface area (Å²) in [5.74, 6) is 2.02. The van der Waals surface area contributed by atoms with Crippen molar-refractivity contribution in [3.8, 4) is 5.75 Å². The highest BCUT2D eigenvalue weighted by molar-refractivity contribution is 7.71. The van der Waals surface area contributed by atoms with Crippen LogP contribution in [0.25, 0.3) is 0 Å². The quantitative estimate of drug-likeness (QED) is 0.727. The molecule has 2 heterocycles. The lowest BCUT2D eigenvalue weighted by molar-refractivity contribution is 0.193. The van der Waals surface area contributed by atoms with Gasteiger partial charge in [-0.15, -0.1) is 0 Å². The highest BCUT2D eigenvalue weighted by Gasteiger charge is 2.28. The van der Waals surface area contributed by atoms with Crippen LogP contribution in [0.2, 0.25) is 0 Å². The van der Waals surface area contributed by atoms with E-state index in [2.05, 4.69) is 44.6 Å². The summed E-state index contributed by atoms with van der Waals surface area (Å²) in [5, 5.41) is 4.68. The zero-order valence-electron chi connectivity index (χ0n) is 15.6. The van der Waals surface area contributed by atoms with Gasteiger partial charge in [-0.3, -0.25) is 4.90 Å². The lowest BCUT2D eigenvalue weighted by atomic mass is 10.2. The van der Waals surface area contributed by atoms with Crippen molar-refractivity contribution < 1.29 is 4.74 Å². The number of nitrogens with zero attached hydrogens (tertiary/aromatic N) is 5. The van der Waals surface area contributed by atoms with Gasteiger partial charge in [0, 0.05) is 32.2 Å². The minimum Gasteiger partial charge on any atom is -0.492 e. The van der Waals surface area contributed by atoms with E-state index in [1.165, 1.54) is 18.5 Å². The fourth-order valence-electron chi connectivity index (χ4n) is 3.69. The Morgan fingerprint density at radius 3 is 2.58 bits per heavy atom. The van der Waals surface area contributed by atoms with Crippen LogP contribution in [0.5, 0.6) is 5.75 Å². The SMILES string of the molecule is CCOc1ccccc1N1CCN(Cn2nc(C)n(C3CC3)c2=S)CC1. The molecule has 1 aliphatic carbocycles. The number of hydrogen-bond acceptors (Lipinski definition) is 5. The molecule has 1 saturated carbocycles. The topological polar surface area (TPSA) is 38.5 Å². The predicted octanol–water partition coefficient (Wildman–Crippen LogP) is 3.24. The number of aryl methyl sites for hydroxylation is 1. The summed E-state index contributed by atoms with van der Waals surface area (Å²) in [6.45, 7) is 9.53. The van der Waals surface area contributed by atoms with Gasteiger partial charge >= 0.3 is 0 Å². The molecule has 0 amide bonds. The summed E-state index contributed by atoms with van der Waals surface area (Å²) >= 11 is 5.65. The van der Waals surface area contributed by atoms with Gasteiger partial charge < -0.3 is 14.2 Å². The Kier molecular flexibility index (Phi) is 5.00. The molecule has 0 radical (unpaired) electrons. The van der Waals surface area contributed by atoms with E-state index in [1.807, 2.05) is 17.7 Å². The number of piperazine rings is 1. The third kappa shape index (κ3) is 3.50. The van der Waals surface area contributed by atoms with Crippen LogP contribution in [0, 0.1) is 11.7 Å². The molecule has 4 rings (SSSR count). The fraction of sp³-hybridized carbons (Fsp3) is 0.579. The fourth-order valence-corrected chi connectivity index (χ4v) is 4.07. The highest BCUT2D eigenvalue weighted by atomic mass is 32.1. The molecule has 0 atom stereocenters. The third-order valence-electron chi connectivity index (χ3n) is 5.17. The van der Waals surface area contributed by atoms with Crippen LogP contribution in [0.3, 0.4) is 0 Å². The summed E-state index contributed by atoms with van der Waals surface area (Å²) in [5.41, 5.74) is 1.19. The number of benzene rings is 1. The molecule has 1 aromatic heterocycles. The van der Waals surface area contributed by atoms with E-state index in [4.69, 9.17) is 17.0 Å². The van der Waals surface area contributed by atoms with Crippen molar-refractivity contribution in [2.24, 2.45) is 0 Å². The monoisotopic (exact) mass is 373 g/mol. The molecule has 1 aromatic carbocycles. The molecule has 0 unspecified atom stereocenters. The number of anilines is 1. The van der Waals surface area contributed by atoms with Crippen LogP contribution in [-0.2, 0) is 6.67 Å².